The van der Waals surface area contributed by atoms with Crippen LogP contribution in [0.5, 0.6) is 0 Å². The summed E-state index contributed by atoms with van der Waals surface area (Å²) in [6, 6.07) is 4.09. The van der Waals surface area contributed by atoms with E-state index < -0.39 is 65.4 Å². The van der Waals surface area contributed by atoms with E-state index in [9.17, 15) is 45.4 Å². The first kappa shape index (κ1) is 31.7. The van der Waals surface area contributed by atoms with Crippen molar-refractivity contribution < 1.29 is 45.4 Å². The number of hydrogen-bond donors (Lipinski definition) is 1. The summed E-state index contributed by atoms with van der Waals surface area (Å²) < 4.78 is 93.9. The first-order valence-corrected chi connectivity index (χ1v) is 13.9. The average molecular weight is 630 g/mol. The second-order valence-electron chi connectivity index (χ2n) is 12.4. The third-order valence-electron chi connectivity index (χ3n) is 8.37. The number of rotatable bonds is 4. The number of hydrogen-bond acceptors (Lipinski definition) is 5. The number of alkyl halides is 6. The molecule has 1 aromatic carbocycles. The van der Waals surface area contributed by atoms with Crippen LogP contribution in [-0.2, 0) is 11.0 Å². The fourth-order valence-electron chi connectivity index (χ4n) is 5.85. The number of halogens is 7. The molecule has 1 saturated carbocycles. The third kappa shape index (κ3) is 5.50. The Morgan fingerprint density at radius 1 is 1.05 bits per heavy atom. The maximum absolute atomic E-state index is 14.3. The van der Waals surface area contributed by atoms with Crippen molar-refractivity contribution in [3.05, 3.63) is 53.1 Å². The molecule has 2 fully saturated rings. The molecule has 0 unspecified atom stereocenters. The van der Waals surface area contributed by atoms with Gasteiger partial charge in [-0.1, -0.05) is 19.9 Å². The summed E-state index contributed by atoms with van der Waals surface area (Å²) in [7, 11) is 0. The van der Waals surface area contributed by atoms with Gasteiger partial charge in [0.25, 0.3) is 5.91 Å². The van der Waals surface area contributed by atoms with E-state index in [1.807, 2.05) is 13.8 Å². The van der Waals surface area contributed by atoms with Crippen molar-refractivity contribution in [1.29, 1.82) is 0 Å². The van der Waals surface area contributed by atoms with Gasteiger partial charge in [-0.15, -0.1) is 0 Å². The van der Waals surface area contributed by atoms with Crippen molar-refractivity contribution in [2.45, 2.75) is 69.9 Å². The van der Waals surface area contributed by atoms with E-state index in [0.29, 0.717) is 17.3 Å². The van der Waals surface area contributed by atoms with Gasteiger partial charge in [-0.2, -0.15) is 31.4 Å². The molecule has 238 valence electrons. The molecule has 3 heterocycles. The van der Waals surface area contributed by atoms with Gasteiger partial charge in [0, 0.05) is 36.7 Å². The second kappa shape index (κ2) is 10.4. The SMILES string of the molecule is CC(C)c1cc(-c2ccc(C(F)(F)F)c(F)c2)nn2cc(C(=O)N3CCN(C(=O)C4CC(O)(C(F)(F)F)C4)CC3(C)C)nc12. The Bertz CT molecular complexity index is 1620. The number of aliphatic hydroxyl groups is 1. The van der Waals surface area contributed by atoms with Crippen molar-refractivity contribution in [1.82, 2.24) is 24.4 Å². The van der Waals surface area contributed by atoms with Gasteiger partial charge in [-0.3, -0.25) is 9.59 Å². The molecule has 0 atom stereocenters. The zero-order chi connectivity index (χ0) is 32.6. The van der Waals surface area contributed by atoms with Crippen molar-refractivity contribution >= 4 is 17.5 Å². The molecule has 0 bridgehead atoms. The number of fused-ring (bicyclic) bond motifs is 1. The summed E-state index contributed by atoms with van der Waals surface area (Å²) in [6.45, 7) is 7.30. The molecule has 1 N–H and O–H groups in total. The summed E-state index contributed by atoms with van der Waals surface area (Å²) >= 11 is 0. The number of imidazole rings is 1. The zero-order valence-electron chi connectivity index (χ0n) is 24.2. The van der Waals surface area contributed by atoms with Crippen molar-refractivity contribution in [2.24, 2.45) is 5.92 Å². The Hall–Kier alpha value is -3.75. The second-order valence-corrected chi connectivity index (χ2v) is 12.4. The van der Waals surface area contributed by atoms with E-state index in [1.165, 1.54) is 20.5 Å². The predicted molar refractivity (Wildman–Crippen MR) is 143 cm³/mol. The van der Waals surface area contributed by atoms with E-state index in [-0.39, 0.29) is 42.5 Å². The van der Waals surface area contributed by atoms with Gasteiger partial charge in [0.05, 0.1) is 23.0 Å². The lowest BCUT2D eigenvalue weighted by Gasteiger charge is -2.50. The molecule has 2 amide bonds. The van der Waals surface area contributed by atoms with Crippen LogP contribution in [0.4, 0.5) is 30.7 Å². The van der Waals surface area contributed by atoms with Crippen LogP contribution in [-0.4, -0.2) is 78.3 Å². The first-order valence-electron chi connectivity index (χ1n) is 13.9. The Labute approximate surface area is 247 Å². The van der Waals surface area contributed by atoms with Gasteiger partial charge in [0.15, 0.2) is 11.2 Å². The maximum atomic E-state index is 14.3. The van der Waals surface area contributed by atoms with Gasteiger partial charge < -0.3 is 14.9 Å². The number of amides is 2. The molecule has 3 aromatic rings. The number of piperazine rings is 1. The summed E-state index contributed by atoms with van der Waals surface area (Å²) in [4.78, 5) is 34.0. The molecule has 1 saturated heterocycles. The van der Waals surface area contributed by atoms with Gasteiger partial charge in [-0.25, -0.2) is 13.9 Å². The highest BCUT2D eigenvalue weighted by molar-refractivity contribution is 5.94. The summed E-state index contributed by atoms with van der Waals surface area (Å²) in [6.07, 6.45) is -9.72. The molecule has 2 aliphatic rings. The van der Waals surface area contributed by atoms with E-state index in [0.717, 1.165) is 12.1 Å². The molecule has 2 aromatic heterocycles. The van der Waals surface area contributed by atoms with Crippen LogP contribution in [0.25, 0.3) is 16.9 Å². The Kier molecular flexibility index (Phi) is 7.50. The topological polar surface area (TPSA) is 91.0 Å². The van der Waals surface area contributed by atoms with E-state index in [4.69, 9.17) is 0 Å². The van der Waals surface area contributed by atoms with Crippen LogP contribution in [0.3, 0.4) is 0 Å². The van der Waals surface area contributed by atoms with Gasteiger partial charge in [0.2, 0.25) is 5.91 Å². The quantitative estimate of drug-likeness (QED) is 0.388. The van der Waals surface area contributed by atoms with E-state index >= 15 is 0 Å². The molecule has 44 heavy (non-hydrogen) atoms. The van der Waals surface area contributed by atoms with Crippen molar-refractivity contribution in [3.8, 4) is 11.3 Å². The molecule has 0 spiro atoms. The number of benzene rings is 1. The molecular formula is C29H30F7N5O3. The summed E-state index contributed by atoms with van der Waals surface area (Å²) in [5.74, 6) is -3.57. The molecule has 8 nitrogen and oxygen atoms in total. The minimum Gasteiger partial charge on any atom is -0.380 e. The lowest BCUT2D eigenvalue weighted by Crippen LogP contribution is -2.65. The highest BCUT2D eigenvalue weighted by atomic mass is 19.4. The molecule has 1 aliphatic heterocycles. The first-order chi connectivity index (χ1) is 20.2. The Morgan fingerprint density at radius 2 is 1.70 bits per heavy atom. The Morgan fingerprint density at radius 3 is 2.25 bits per heavy atom. The molecule has 5 rings (SSSR count). The number of carbonyl (C=O) groups excluding carboxylic acids is 2. The van der Waals surface area contributed by atoms with Crippen molar-refractivity contribution in [3.63, 3.8) is 0 Å². The normalized spacial score (nSPS) is 22.4. The smallest absolute Gasteiger partial charge is 0.380 e. The summed E-state index contributed by atoms with van der Waals surface area (Å²) in [5.41, 5.74) is -3.97. The highest BCUT2D eigenvalue weighted by Gasteiger charge is 2.63. The van der Waals surface area contributed by atoms with Crippen molar-refractivity contribution in [2.75, 3.05) is 19.6 Å². The van der Waals surface area contributed by atoms with Crippen LogP contribution in [0.2, 0.25) is 0 Å². The van der Waals surface area contributed by atoms with Gasteiger partial charge in [0.1, 0.15) is 11.5 Å². The largest absolute Gasteiger partial charge is 0.419 e. The molecule has 15 heteroatoms. The number of aromatic nitrogens is 3. The van der Waals surface area contributed by atoms with Gasteiger partial charge in [-0.05, 0) is 50.8 Å². The van der Waals surface area contributed by atoms with E-state index in [2.05, 4.69) is 10.1 Å². The van der Waals surface area contributed by atoms with Crippen LogP contribution < -0.4 is 0 Å². The minimum absolute atomic E-state index is 0.0113. The lowest BCUT2D eigenvalue weighted by atomic mass is 9.69. The zero-order valence-corrected chi connectivity index (χ0v) is 24.2. The summed E-state index contributed by atoms with van der Waals surface area (Å²) in [5, 5.41) is 14.1. The fraction of sp³-hybridized carbons (Fsp3) is 0.517. The third-order valence-corrected chi connectivity index (χ3v) is 8.37. The maximum Gasteiger partial charge on any atom is 0.419 e. The van der Waals surface area contributed by atoms with E-state index in [1.54, 1.807) is 19.9 Å². The minimum atomic E-state index is -4.86. The highest BCUT2D eigenvalue weighted by Crippen LogP contribution is 2.49. The lowest BCUT2D eigenvalue weighted by molar-refractivity contribution is -0.297. The molecular weight excluding hydrogens is 599 g/mol. The van der Waals surface area contributed by atoms with Crippen LogP contribution in [0, 0.1) is 11.7 Å². The molecule has 0 radical (unpaired) electrons. The molecule has 1 aliphatic carbocycles. The standard InChI is InChI=1S/C29H30F7N5O3/c1-15(2)18-10-21(16-5-6-19(20(30)9-16)28(31,32)33)38-41-13-22(37-23(18)41)25(43)40-8-7-39(14-26(40,3)4)24(42)17-11-27(44,12-17)29(34,35)36/h5-6,9-10,13,15,17,44H,7-8,11-12,14H2,1-4H3. The monoisotopic (exact) mass is 629 g/mol. The van der Waals surface area contributed by atoms with Crippen LogP contribution in [0.15, 0.2) is 30.5 Å². The predicted octanol–water partition coefficient (Wildman–Crippen LogP) is 5.44. The fourth-order valence-corrected chi connectivity index (χ4v) is 5.85. The number of nitrogens with zero attached hydrogens (tertiary/aromatic N) is 5. The van der Waals surface area contributed by atoms with Crippen LogP contribution >= 0.6 is 0 Å². The van der Waals surface area contributed by atoms with Gasteiger partial charge >= 0.3 is 12.4 Å². The number of carbonyl (C=O) groups is 2. The Balaban J connectivity index is 1.38. The van der Waals surface area contributed by atoms with Crippen LogP contribution in [0.1, 0.15) is 68.1 Å². The average Bonchev–Trinajstić information content (AvgIpc) is 3.32.